The molecule has 1 aromatic carbocycles. The first-order valence-electron chi connectivity index (χ1n) is 5.85. The van der Waals surface area contributed by atoms with Crippen LogP contribution in [0.5, 0.6) is 0 Å². The number of carbonyl (C=O) groups excluding carboxylic acids is 2. The fourth-order valence-electron chi connectivity index (χ4n) is 2.15. The van der Waals surface area contributed by atoms with E-state index in [4.69, 9.17) is 0 Å². The molecule has 1 N–H and O–H groups in total. The van der Waals surface area contributed by atoms with Crippen molar-refractivity contribution in [3.63, 3.8) is 0 Å². The number of amides is 1. The molecule has 2 aromatic rings. The van der Waals surface area contributed by atoms with E-state index in [9.17, 15) is 9.59 Å². The topological polar surface area (TPSA) is 51.1 Å². The Hall–Kier alpha value is -2.10. The smallest absolute Gasteiger partial charge is 0.221 e. The van der Waals surface area contributed by atoms with Gasteiger partial charge in [0, 0.05) is 18.0 Å². The quantitative estimate of drug-likeness (QED) is 0.901. The van der Waals surface area contributed by atoms with Crippen LogP contribution in [0.25, 0.3) is 10.9 Å². The summed E-state index contributed by atoms with van der Waals surface area (Å²) >= 11 is 0. The Bertz CT molecular complexity index is 626. The van der Waals surface area contributed by atoms with Gasteiger partial charge in [0.25, 0.3) is 0 Å². The Morgan fingerprint density at radius 3 is 2.61 bits per heavy atom. The predicted molar refractivity (Wildman–Crippen MR) is 71.7 cm³/mol. The van der Waals surface area contributed by atoms with Gasteiger partial charge in [-0.1, -0.05) is 6.07 Å². The lowest BCUT2D eigenvalue weighted by Crippen LogP contribution is -2.08. The SMILES string of the molecule is CC(=O)Cn1c(C)cc2c(NC(C)=O)cccc21. The average molecular weight is 244 g/mol. The van der Waals surface area contributed by atoms with E-state index >= 15 is 0 Å². The third kappa shape index (κ3) is 2.27. The molecule has 0 fully saturated rings. The normalized spacial score (nSPS) is 10.6. The van der Waals surface area contributed by atoms with Gasteiger partial charge in [0.05, 0.1) is 17.7 Å². The van der Waals surface area contributed by atoms with Gasteiger partial charge in [-0.2, -0.15) is 0 Å². The molecule has 0 saturated heterocycles. The molecule has 0 saturated carbocycles. The Balaban J connectivity index is 2.58. The maximum atomic E-state index is 11.3. The van der Waals surface area contributed by atoms with Gasteiger partial charge in [0.1, 0.15) is 5.78 Å². The standard InChI is InChI=1S/C14H16N2O2/c1-9-7-12-13(15-11(3)18)5-4-6-14(12)16(9)8-10(2)17/h4-7H,8H2,1-3H3,(H,15,18). The molecule has 4 heteroatoms. The van der Waals surface area contributed by atoms with Crippen molar-refractivity contribution < 1.29 is 9.59 Å². The van der Waals surface area contributed by atoms with E-state index in [0.717, 1.165) is 22.3 Å². The zero-order valence-corrected chi connectivity index (χ0v) is 10.8. The molecule has 0 aliphatic heterocycles. The van der Waals surface area contributed by atoms with Gasteiger partial charge >= 0.3 is 0 Å². The summed E-state index contributed by atoms with van der Waals surface area (Å²) < 4.78 is 1.96. The fraction of sp³-hybridized carbons (Fsp3) is 0.286. The van der Waals surface area contributed by atoms with Gasteiger partial charge in [-0.25, -0.2) is 0 Å². The van der Waals surface area contributed by atoms with Crippen molar-refractivity contribution >= 4 is 28.3 Å². The summed E-state index contributed by atoms with van der Waals surface area (Å²) in [4.78, 5) is 22.4. The van der Waals surface area contributed by atoms with E-state index in [0.29, 0.717) is 6.54 Å². The van der Waals surface area contributed by atoms with Crippen molar-refractivity contribution in [2.45, 2.75) is 27.3 Å². The second kappa shape index (κ2) is 4.64. The first-order chi connectivity index (χ1) is 8.49. The summed E-state index contributed by atoms with van der Waals surface area (Å²) in [5, 5.41) is 3.77. The van der Waals surface area contributed by atoms with E-state index < -0.39 is 0 Å². The molecule has 0 radical (unpaired) electrons. The zero-order chi connectivity index (χ0) is 13.3. The molecule has 0 aliphatic rings. The van der Waals surface area contributed by atoms with Crippen molar-refractivity contribution in [2.24, 2.45) is 0 Å². The van der Waals surface area contributed by atoms with Crippen molar-refractivity contribution in [1.29, 1.82) is 0 Å². The van der Waals surface area contributed by atoms with Crippen molar-refractivity contribution in [3.8, 4) is 0 Å². The van der Waals surface area contributed by atoms with Gasteiger partial charge in [-0.15, -0.1) is 0 Å². The van der Waals surface area contributed by atoms with Crippen LogP contribution >= 0.6 is 0 Å². The molecule has 1 heterocycles. The molecule has 0 aliphatic carbocycles. The zero-order valence-electron chi connectivity index (χ0n) is 10.8. The monoisotopic (exact) mass is 244 g/mol. The van der Waals surface area contributed by atoms with E-state index in [1.165, 1.54) is 6.92 Å². The van der Waals surface area contributed by atoms with Crippen LogP contribution in [0.2, 0.25) is 0 Å². The third-order valence-corrected chi connectivity index (χ3v) is 2.84. The number of ketones is 1. The number of carbonyl (C=O) groups is 2. The Morgan fingerprint density at radius 2 is 2.00 bits per heavy atom. The summed E-state index contributed by atoms with van der Waals surface area (Å²) in [5.41, 5.74) is 2.76. The number of nitrogens with zero attached hydrogens (tertiary/aromatic N) is 1. The van der Waals surface area contributed by atoms with Crippen LogP contribution in [0.15, 0.2) is 24.3 Å². The van der Waals surface area contributed by atoms with Crippen molar-refractivity contribution in [1.82, 2.24) is 4.57 Å². The maximum Gasteiger partial charge on any atom is 0.221 e. The minimum Gasteiger partial charge on any atom is -0.337 e. The minimum atomic E-state index is -0.0977. The number of aryl methyl sites for hydroxylation is 1. The number of benzene rings is 1. The summed E-state index contributed by atoms with van der Waals surface area (Å²) in [7, 11) is 0. The van der Waals surface area contributed by atoms with Crippen molar-refractivity contribution in [2.75, 3.05) is 5.32 Å². The fourth-order valence-corrected chi connectivity index (χ4v) is 2.15. The Morgan fingerprint density at radius 1 is 1.28 bits per heavy atom. The van der Waals surface area contributed by atoms with E-state index in [-0.39, 0.29) is 11.7 Å². The number of nitrogens with one attached hydrogen (secondary N) is 1. The van der Waals surface area contributed by atoms with Crippen molar-refractivity contribution in [3.05, 3.63) is 30.0 Å². The molecular weight excluding hydrogens is 228 g/mol. The molecule has 1 amide bonds. The van der Waals surface area contributed by atoms with Gasteiger partial charge < -0.3 is 9.88 Å². The second-order valence-corrected chi connectivity index (χ2v) is 4.49. The molecule has 0 atom stereocenters. The second-order valence-electron chi connectivity index (χ2n) is 4.49. The van der Waals surface area contributed by atoms with Gasteiger partial charge in [-0.3, -0.25) is 9.59 Å². The molecule has 0 spiro atoms. The highest BCUT2D eigenvalue weighted by molar-refractivity contribution is 6.01. The lowest BCUT2D eigenvalue weighted by molar-refractivity contribution is -0.117. The highest BCUT2D eigenvalue weighted by atomic mass is 16.1. The van der Waals surface area contributed by atoms with E-state index in [1.807, 2.05) is 35.8 Å². The number of hydrogen-bond acceptors (Lipinski definition) is 2. The van der Waals surface area contributed by atoms with E-state index in [1.54, 1.807) is 6.92 Å². The largest absolute Gasteiger partial charge is 0.337 e. The molecule has 94 valence electrons. The molecule has 0 unspecified atom stereocenters. The summed E-state index contributed by atoms with van der Waals surface area (Å²) in [6, 6.07) is 7.69. The molecule has 2 rings (SSSR count). The molecule has 1 aromatic heterocycles. The lowest BCUT2D eigenvalue weighted by atomic mass is 10.2. The van der Waals surface area contributed by atoms with Crippen LogP contribution in [0.3, 0.4) is 0 Å². The van der Waals surface area contributed by atoms with Gasteiger partial charge in [0.2, 0.25) is 5.91 Å². The molecule has 18 heavy (non-hydrogen) atoms. The van der Waals surface area contributed by atoms with Gasteiger partial charge in [-0.05, 0) is 32.0 Å². The number of Topliss-reactive ketones (excluding diaryl/α,β-unsaturated/α-hetero) is 1. The third-order valence-electron chi connectivity index (χ3n) is 2.84. The summed E-state index contributed by atoms with van der Waals surface area (Å²) in [5.74, 6) is 0.0139. The number of fused-ring (bicyclic) bond motifs is 1. The van der Waals surface area contributed by atoms with Crippen LogP contribution in [0, 0.1) is 6.92 Å². The van der Waals surface area contributed by atoms with Crippen LogP contribution in [-0.4, -0.2) is 16.3 Å². The number of aromatic nitrogens is 1. The first-order valence-corrected chi connectivity index (χ1v) is 5.85. The van der Waals surface area contributed by atoms with Crippen LogP contribution in [0.1, 0.15) is 19.5 Å². The predicted octanol–water partition coefficient (Wildman–Crippen LogP) is 2.50. The lowest BCUT2D eigenvalue weighted by Gasteiger charge is -2.07. The average Bonchev–Trinajstić information content (AvgIpc) is 2.56. The minimum absolute atomic E-state index is 0.0977. The summed E-state index contributed by atoms with van der Waals surface area (Å²) in [6.07, 6.45) is 0. The summed E-state index contributed by atoms with van der Waals surface area (Å²) in [6.45, 7) is 5.38. The highest BCUT2D eigenvalue weighted by Gasteiger charge is 2.10. The highest BCUT2D eigenvalue weighted by Crippen LogP contribution is 2.27. The van der Waals surface area contributed by atoms with Crippen LogP contribution in [0.4, 0.5) is 5.69 Å². The molecule has 0 bridgehead atoms. The Labute approximate surface area is 106 Å². The first kappa shape index (κ1) is 12.4. The van der Waals surface area contributed by atoms with Gasteiger partial charge in [0.15, 0.2) is 0 Å². The number of anilines is 1. The molecule has 4 nitrogen and oxygen atoms in total. The van der Waals surface area contributed by atoms with E-state index in [2.05, 4.69) is 5.32 Å². The molecular formula is C14H16N2O2. The number of rotatable bonds is 3. The van der Waals surface area contributed by atoms with Crippen LogP contribution in [-0.2, 0) is 16.1 Å². The van der Waals surface area contributed by atoms with Crippen LogP contribution < -0.4 is 5.32 Å². The number of hydrogen-bond donors (Lipinski definition) is 1. The Kier molecular flexibility index (Phi) is 3.19. The maximum absolute atomic E-state index is 11.3.